The monoisotopic (exact) mass is 357 g/mol. The molecule has 1 amide bonds. The number of halogens is 2. The van der Waals surface area contributed by atoms with Crippen LogP contribution in [0, 0.1) is 5.92 Å². The van der Waals surface area contributed by atoms with E-state index in [2.05, 4.69) is 4.74 Å². The van der Waals surface area contributed by atoms with Gasteiger partial charge in [-0.3, -0.25) is 4.79 Å². The Kier molecular flexibility index (Phi) is 7.47. The number of rotatable bonds is 8. The number of alkyl halides is 2. The van der Waals surface area contributed by atoms with E-state index in [1.807, 2.05) is 0 Å². The number of alkyl carbamates (subject to hydrolysis) is 1. The van der Waals surface area contributed by atoms with Gasteiger partial charge >= 0.3 is 18.0 Å². The zero-order valence-corrected chi connectivity index (χ0v) is 14.3. The fraction of sp³-hybridized carbons (Fsp3) is 0.471. The molecule has 0 spiro atoms. The predicted molar refractivity (Wildman–Crippen MR) is 85.0 cm³/mol. The molecule has 138 valence electrons. The third-order valence-electron chi connectivity index (χ3n) is 3.24. The Balaban J connectivity index is 2.79. The molecule has 1 unspecified atom stereocenters. The minimum Gasteiger partial charge on any atom is -0.467 e. The maximum atomic E-state index is 14.3. The highest BCUT2D eigenvalue weighted by atomic mass is 19.3. The van der Waals surface area contributed by atoms with Crippen molar-refractivity contribution in [2.45, 2.75) is 38.8 Å². The molecule has 1 atom stereocenters. The van der Waals surface area contributed by atoms with Crippen molar-refractivity contribution in [2.75, 3.05) is 7.11 Å². The summed E-state index contributed by atoms with van der Waals surface area (Å²) in [5.74, 6) is -7.33. The largest absolute Gasteiger partial charge is 0.467 e. The highest BCUT2D eigenvalue weighted by molar-refractivity contribution is 5.94. The lowest BCUT2D eigenvalue weighted by Gasteiger charge is -2.24. The van der Waals surface area contributed by atoms with Crippen LogP contribution < -0.4 is 5.32 Å². The molecular weight excluding hydrogens is 336 g/mol. The molecule has 0 saturated heterocycles. The number of benzene rings is 1. The number of esters is 1. The lowest BCUT2D eigenvalue weighted by Crippen LogP contribution is -2.57. The number of hydrogen-bond donors (Lipinski definition) is 1. The Morgan fingerprint density at radius 2 is 1.76 bits per heavy atom. The van der Waals surface area contributed by atoms with Crippen LogP contribution in [-0.2, 0) is 25.7 Å². The third kappa shape index (κ3) is 6.13. The number of amides is 1. The standard InChI is InChI=1S/C17H21F2NO5/c1-11(2)9-13(21)17(18,19)14(15(22)24-3)20-16(23)25-10-12-7-5-4-6-8-12/h4-8,11,14H,9-10H2,1-3H3,(H,20,23). The van der Waals surface area contributed by atoms with E-state index in [0.29, 0.717) is 5.56 Å². The molecule has 1 aromatic carbocycles. The summed E-state index contributed by atoms with van der Waals surface area (Å²) < 4.78 is 37.6. The minimum absolute atomic E-state index is 0.175. The van der Waals surface area contributed by atoms with Crippen LogP contribution in [0.5, 0.6) is 0 Å². The van der Waals surface area contributed by atoms with E-state index in [-0.39, 0.29) is 12.5 Å². The van der Waals surface area contributed by atoms with Crippen LogP contribution >= 0.6 is 0 Å². The van der Waals surface area contributed by atoms with Crippen molar-refractivity contribution in [3.05, 3.63) is 35.9 Å². The molecule has 0 aromatic heterocycles. The first-order chi connectivity index (χ1) is 11.7. The van der Waals surface area contributed by atoms with Gasteiger partial charge in [-0.1, -0.05) is 44.2 Å². The molecule has 0 radical (unpaired) electrons. The van der Waals surface area contributed by atoms with Crippen molar-refractivity contribution >= 4 is 17.8 Å². The van der Waals surface area contributed by atoms with Gasteiger partial charge < -0.3 is 14.8 Å². The second kappa shape index (κ2) is 9.10. The lowest BCUT2D eigenvalue weighted by molar-refractivity contribution is -0.164. The van der Waals surface area contributed by atoms with Gasteiger partial charge in [-0.25, -0.2) is 9.59 Å². The number of nitrogens with one attached hydrogen (secondary N) is 1. The van der Waals surface area contributed by atoms with E-state index in [9.17, 15) is 23.2 Å². The molecule has 1 rings (SSSR count). The number of carbonyl (C=O) groups excluding carboxylic acids is 3. The van der Waals surface area contributed by atoms with Crippen molar-refractivity contribution in [1.82, 2.24) is 5.32 Å². The van der Waals surface area contributed by atoms with Gasteiger partial charge in [0.1, 0.15) is 6.61 Å². The molecule has 0 saturated carbocycles. The van der Waals surface area contributed by atoms with Crippen LogP contribution in [0.3, 0.4) is 0 Å². The summed E-state index contributed by atoms with van der Waals surface area (Å²) >= 11 is 0. The van der Waals surface area contributed by atoms with Crippen LogP contribution in [0.15, 0.2) is 30.3 Å². The van der Waals surface area contributed by atoms with Crippen molar-refractivity contribution in [3.63, 3.8) is 0 Å². The summed E-state index contributed by atoms with van der Waals surface area (Å²) in [6, 6.07) is 6.08. The Bertz CT molecular complexity index is 604. The summed E-state index contributed by atoms with van der Waals surface area (Å²) in [4.78, 5) is 35.1. The molecule has 0 aliphatic rings. The molecule has 0 bridgehead atoms. The van der Waals surface area contributed by atoms with Gasteiger partial charge in [-0.15, -0.1) is 0 Å². The molecule has 0 aliphatic carbocycles. The van der Waals surface area contributed by atoms with Gasteiger partial charge in [-0.2, -0.15) is 8.78 Å². The molecule has 0 aliphatic heterocycles. The van der Waals surface area contributed by atoms with Crippen molar-refractivity contribution in [2.24, 2.45) is 5.92 Å². The van der Waals surface area contributed by atoms with Crippen LogP contribution in [0.2, 0.25) is 0 Å². The van der Waals surface area contributed by atoms with Gasteiger partial charge in [0.05, 0.1) is 7.11 Å². The number of hydrogen-bond acceptors (Lipinski definition) is 5. The summed E-state index contributed by atoms with van der Waals surface area (Å²) in [5.41, 5.74) is 0.634. The zero-order chi connectivity index (χ0) is 19.0. The lowest BCUT2D eigenvalue weighted by atomic mass is 9.98. The van der Waals surface area contributed by atoms with Crippen molar-refractivity contribution in [1.29, 1.82) is 0 Å². The SMILES string of the molecule is COC(=O)C(NC(=O)OCc1ccccc1)C(F)(F)C(=O)CC(C)C. The third-order valence-corrected chi connectivity index (χ3v) is 3.24. The van der Waals surface area contributed by atoms with E-state index >= 15 is 0 Å². The van der Waals surface area contributed by atoms with Crippen molar-refractivity contribution in [3.8, 4) is 0 Å². The number of methoxy groups -OCH3 is 1. The fourth-order valence-corrected chi connectivity index (χ4v) is 1.97. The van der Waals surface area contributed by atoms with E-state index in [1.54, 1.807) is 49.5 Å². The second-order valence-corrected chi connectivity index (χ2v) is 5.81. The Hall–Kier alpha value is -2.51. The van der Waals surface area contributed by atoms with Gasteiger partial charge in [0.25, 0.3) is 0 Å². The number of ether oxygens (including phenoxy) is 2. The number of Topliss-reactive ketones (excluding diaryl/α,β-unsaturated/α-hetero) is 1. The molecule has 1 aromatic rings. The van der Waals surface area contributed by atoms with Gasteiger partial charge in [0, 0.05) is 6.42 Å². The molecular formula is C17H21F2NO5. The molecule has 0 fully saturated rings. The number of carbonyl (C=O) groups is 3. The first-order valence-electron chi connectivity index (χ1n) is 7.64. The van der Waals surface area contributed by atoms with Gasteiger partial charge in [0.2, 0.25) is 11.8 Å². The quantitative estimate of drug-likeness (QED) is 0.724. The Labute approximate surface area is 144 Å². The van der Waals surface area contributed by atoms with E-state index in [4.69, 9.17) is 4.74 Å². The van der Waals surface area contributed by atoms with Gasteiger partial charge in [-0.05, 0) is 11.5 Å². The fourth-order valence-electron chi connectivity index (χ4n) is 1.97. The predicted octanol–water partition coefficient (Wildman–Crippen LogP) is 2.70. The average molecular weight is 357 g/mol. The maximum Gasteiger partial charge on any atom is 0.408 e. The van der Waals surface area contributed by atoms with Crippen LogP contribution in [0.4, 0.5) is 13.6 Å². The van der Waals surface area contributed by atoms with E-state index in [1.165, 1.54) is 0 Å². The van der Waals surface area contributed by atoms with E-state index < -0.39 is 36.2 Å². The summed E-state index contributed by atoms with van der Waals surface area (Å²) in [5, 5.41) is 1.73. The summed E-state index contributed by atoms with van der Waals surface area (Å²) in [6.07, 6.45) is -1.70. The topological polar surface area (TPSA) is 81.7 Å². The summed E-state index contributed by atoms with van der Waals surface area (Å²) in [6.45, 7) is 3.00. The van der Waals surface area contributed by atoms with E-state index in [0.717, 1.165) is 7.11 Å². The van der Waals surface area contributed by atoms with Gasteiger partial charge in [0.15, 0.2) is 0 Å². The van der Waals surface area contributed by atoms with Crippen molar-refractivity contribution < 1.29 is 32.6 Å². The Morgan fingerprint density at radius 3 is 2.28 bits per heavy atom. The first-order valence-corrected chi connectivity index (χ1v) is 7.64. The zero-order valence-electron chi connectivity index (χ0n) is 14.3. The summed E-state index contributed by atoms with van der Waals surface area (Å²) in [7, 11) is 0.884. The maximum absolute atomic E-state index is 14.3. The molecule has 1 N–H and O–H groups in total. The highest BCUT2D eigenvalue weighted by Crippen LogP contribution is 2.25. The van der Waals surface area contributed by atoms with Crippen LogP contribution in [0.25, 0.3) is 0 Å². The normalized spacial score (nSPS) is 12.4. The molecule has 0 heterocycles. The second-order valence-electron chi connectivity index (χ2n) is 5.81. The van der Waals surface area contributed by atoms with Crippen LogP contribution in [-0.4, -0.2) is 36.9 Å². The number of ketones is 1. The highest BCUT2D eigenvalue weighted by Gasteiger charge is 2.52. The minimum atomic E-state index is -4.11. The average Bonchev–Trinajstić information content (AvgIpc) is 2.57. The Morgan fingerprint density at radius 1 is 1.16 bits per heavy atom. The van der Waals surface area contributed by atoms with Crippen LogP contribution in [0.1, 0.15) is 25.8 Å². The molecule has 8 heteroatoms. The molecule has 6 nitrogen and oxygen atoms in total. The molecule has 25 heavy (non-hydrogen) atoms. The smallest absolute Gasteiger partial charge is 0.408 e. The first kappa shape index (κ1) is 20.5.